The molecule has 0 unspecified atom stereocenters. The monoisotopic (exact) mass is 455 g/mol. The third-order valence-electron chi connectivity index (χ3n) is 4.18. The smallest absolute Gasteiger partial charge is 0.257 e. The molecule has 1 amide bonds. The minimum Gasteiger partial charge on any atom is -0.296 e. The van der Waals surface area contributed by atoms with Gasteiger partial charge in [-0.15, -0.1) is 22.0 Å². The van der Waals surface area contributed by atoms with Crippen LogP contribution in [0.15, 0.2) is 77.7 Å². The number of halogens is 2. The van der Waals surface area contributed by atoms with Crippen LogP contribution >= 0.6 is 34.7 Å². The van der Waals surface area contributed by atoms with E-state index in [2.05, 4.69) is 15.5 Å². The van der Waals surface area contributed by atoms with E-state index >= 15 is 0 Å². The highest BCUT2D eigenvalue weighted by molar-refractivity contribution is 7.98. The summed E-state index contributed by atoms with van der Waals surface area (Å²) in [6.07, 6.45) is 0. The van der Waals surface area contributed by atoms with Crippen LogP contribution in [-0.4, -0.2) is 16.1 Å². The number of nitrogens with one attached hydrogen (secondary N) is 1. The number of nitrogens with zero attached hydrogens (tertiary/aromatic N) is 2. The van der Waals surface area contributed by atoms with E-state index in [-0.39, 0.29) is 5.91 Å². The number of thioether (sulfide) groups is 1. The number of anilines is 1. The lowest BCUT2D eigenvalue weighted by atomic mass is 10.2. The Kier molecular flexibility index (Phi) is 6.42. The largest absolute Gasteiger partial charge is 0.296 e. The zero-order valence-electron chi connectivity index (χ0n) is 15.5. The molecule has 3 aromatic carbocycles. The van der Waals surface area contributed by atoms with E-state index in [1.54, 1.807) is 11.8 Å². The van der Waals surface area contributed by atoms with Gasteiger partial charge < -0.3 is 0 Å². The molecule has 0 bridgehead atoms. The van der Waals surface area contributed by atoms with Crippen LogP contribution in [0.2, 0.25) is 5.02 Å². The van der Waals surface area contributed by atoms with Gasteiger partial charge in [0.1, 0.15) is 5.82 Å². The first-order valence-electron chi connectivity index (χ1n) is 8.95. The molecule has 0 aliphatic rings. The Hall–Kier alpha value is -2.74. The van der Waals surface area contributed by atoms with E-state index in [9.17, 15) is 9.18 Å². The highest BCUT2D eigenvalue weighted by Gasteiger charge is 2.14. The number of hydrogen-bond donors (Lipinski definition) is 1. The Morgan fingerprint density at radius 3 is 2.50 bits per heavy atom. The second-order valence-electron chi connectivity index (χ2n) is 6.28. The molecule has 0 aliphatic heterocycles. The van der Waals surface area contributed by atoms with Crippen molar-refractivity contribution in [3.63, 3.8) is 0 Å². The van der Waals surface area contributed by atoms with Crippen molar-refractivity contribution in [2.45, 2.75) is 10.6 Å². The number of carbonyl (C=O) groups is 1. The van der Waals surface area contributed by atoms with Crippen molar-refractivity contribution < 1.29 is 9.18 Å². The summed E-state index contributed by atoms with van der Waals surface area (Å²) in [6.45, 7) is 0. The third-order valence-corrected chi connectivity index (χ3v) is 6.45. The molecule has 0 aliphatic carbocycles. The van der Waals surface area contributed by atoms with Crippen molar-refractivity contribution in [3.8, 4) is 10.6 Å². The zero-order valence-corrected chi connectivity index (χ0v) is 17.9. The van der Waals surface area contributed by atoms with Crippen LogP contribution < -0.4 is 5.32 Å². The Balaban J connectivity index is 1.48. The van der Waals surface area contributed by atoms with Crippen LogP contribution in [0.5, 0.6) is 0 Å². The summed E-state index contributed by atoms with van der Waals surface area (Å²) >= 11 is 8.94. The standard InChI is InChI=1S/C22H15ClFN3OS2/c23-16-9-5-14(6-10-16)13-29-19-4-2-1-3-18(19)21-26-27-22(30-21)25-20(28)15-7-11-17(24)12-8-15/h1-12H,13H2,(H,25,27,28). The van der Waals surface area contributed by atoms with E-state index in [1.165, 1.54) is 41.2 Å². The van der Waals surface area contributed by atoms with Gasteiger partial charge in [0.25, 0.3) is 5.91 Å². The van der Waals surface area contributed by atoms with Gasteiger partial charge in [0.2, 0.25) is 5.13 Å². The maximum atomic E-state index is 13.0. The van der Waals surface area contributed by atoms with Crippen molar-refractivity contribution in [2.75, 3.05) is 5.32 Å². The second kappa shape index (κ2) is 9.38. The van der Waals surface area contributed by atoms with Gasteiger partial charge in [-0.1, -0.05) is 53.3 Å². The topological polar surface area (TPSA) is 54.9 Å². The molecular formula is C22H15ClFN3OS2. The minimum atomic E-state index is -0.391. The molecule has 0 fully saturated rings. The Morgan fingerprint density at radius 1 is 1.00 bits per heavy atom. The molecule has 0 saturated carbocycles. The lowest BCUT2D eigenvalue weighted by Gasteiger charge is -2.07. The van der Waals surface area contributed by atoms with E-state index < -0.39 is 5.82 Å². The predicted molar refractivity (Wildman–Crippen MR) is 121 cm³/mol. The fourth-order valence-corrected chi connectivity index (χ4v) is 4.64. The van der Waals surface area contributed by atoms with Crippen molar-refractivity contribution in [3.05, 3.63) is 94.8 Å². The number of hydrogen-bond acceptors (Lipinski definition) is 5. The van der Waals surface area contributed by atoms with Gasteiger partial charge in [-0.2, -0.15) is 0 Å². The van der Waals surface area contributed by atoms with E-state index in [4.69, 9.17) is 11.6 Å². The average molecular weight is 456 g/mol. The van der Waals surface area contributed by atoms with Crippen LogP contribution in [0.25, 0.3) is 10.6 Å². The highest BCUT2D eigenvalue weighted by atomic mass is 35.5. The molecule has 30 heavy (non-hydrogen) atoms. The van der Waals surface area contributed by atoms with Crippen molar-refractivity contribution in [1.82, 2.24) is 10.2 Å². The first-order valence-corrected chi connectivity index (χ1v) is 11.1. The van der Waals surface area contributed by atoms with E-state index in [1.807, 2.05) is 48.5 Å². The Morgan fingerprint density at radius 2 is 1.73 bits per heavy atom. The number of benzene rings is 3. The molecule has 8 heteroatoms. The van der Waals surface area contributed by atoms with Crippen LogP contribution in [0.3, 0.4) is 0 Å². The van der Waals surface area contributed by atoms with Crippen LogP contribution in [-0.2, 0) is 5.75 Å². The van der Waals surface area contributed by atoms with Gasteiger partial charge in [0.15, 0.2) is 5.01 Å². The van der Waals surface area contributed by atoms with Gasteiger partial charge in [-0.05, 0) is 48.0 Å². The fraction of sp³-hybridized carbons (Fsp3) is 0.0455. The maximum Gasteiger partial charge on any atom is 0.257 e. The Labute approximate surface area is 186 Å². The minimum absolute atomic E-state index is 0.354. The molecule has 1 aromatic heterocycles. The summed E-state index contributed by atoms with van der Waals surface area (Å²) in [5.74, 6) is 0.0433. The molecule has 0 atom stereocenters. The molecule has 0 radical (unpaired) electrons. The third kappa shape index (κ3) is 5.05. The Bertz CT molecular complexity index is 1160. The van der Waals surface area contributed by atoms with Crippen LogP contribution in [0.1, 0.15) is 15.9 Å². The van der Waals surface area contributed by atoms with Crippen LogP contribution in [0.4, 0.5) is 9.52 Å². The molecule has 1 N–H and O–H groups in total. The molecule has 4 rings (SSSR count). The summed E-state index contributed by atoms with van der Waals surface area (Å²) < 4.78 is 13.0. The highest BCUT2D eigenvalue weighted by Crippen LogP contribution is 2.36. The number of amides is 1. The number of rotatable bonds is 6. The normalized spacial score (nSPS) is 10.7. The first-order chi connectivity index (χ1) is 14.6. The molecular weight excluding hydrogens is 441 g/mol. The lowest BCUT2D eigenvalue weighted by molar-refractivity contribution is 0.102. The summed E-state index contributed by atoms with van der Waals surface area (Å²) in [7, 11) is 0. The van der Waals surface area contributed by atoms with Gasteiger partial charge in [-0.3, -0.25) is 10.1 Å². The predicted octanol–water partition coefficient (Wildman–Crippen LogP) is 6.54. The molecule has 4 aromatic rings. The van der Waals surface area contributed by atoms with E-state index in [0.29, 0.717) is 20.7 Å². The van der Waals surface area contributed by atoms with Crippen molar-refractivity contribution in [2.24, 2.45) is 0 Å². The summed E-state index contributed by atoms with van der Waals surface area (Å²) in [5.41, 5.74) is 2.48. The maximum absolute atomic E-state index is 13.0. The van der Waals surface area contributed by atoms with Crippen molar-refractivity contribution in [1.29, 1.82) is 0 Å². The second-order valence-corrected chi connectivity index (χ2v) is 8.72. The summed E-state index contributed by atoms with van der Waals surface area (Å²) in [5, 5.41) is 12.8. The summed E-state index contributed by atoms with van der Waals surface area (Å²) in [4.78, 5) is 13.4. The summed E-state index contributed by atoms with van der Waals surface area (Å²) in [6, 6.07) is 21.1. The fourth-order valence-electron chi connectivity index (χ4n) is 2.66. The lowest BCUT2D eigenvalue weighted by Crippen LogP contribution is -2.11. The molecule has 150 valence electrons. The number of aromatic nitrogens is 2. The van der Waals surface area contributed by atoms with Gasteiger partial charge in [0.05, 0.1) is 0 Å². The molecule has 1 heterocycles. The first kappa shape index (κ1) is 20.5. The van der Waals surface area contributed by atoms with Gasteiger partial charge in [0, 0.05) is 26.8 Å². The SMILES string of the molecule is O=C(Nc1nnc(-c2ccccc2SCc2ccc(Cl)cc2)s1)c1ccc(F)cc1. The van der Waals surface area contributed by atoms with Gasteiger partial charge >= 0.3 is 0 Å². The zero-order chi connectivity index (χ0) is 20.9. The van der Waals surface area contributed by atoms with Gasteiger partial charge in [-0.25, -0.2) is 4.39 Å². The van der Waals surface area contributed by atoms with E-state index in [0.717, 1.165) is 16.2 Å². The van der Waals surface area contributed by atoms with Crippen molar-refractivity contribution >= 4 is 45.7 Å². The molecule has 4 nitrogen and oxygen atoms in total. The average Bonchev–Trinajstić information content (AvgIpc) is 3.22. The quantitative estimate of drug-likeness (QED) is 0.335. The van der Waals surface area contributed by atoms with Crippen LogP contribution in [0, 0.1) is 5.82 Å². The molecule has 0 spiro atoms. The number of carbonyl (C=O) groups excluding carboxylic acids is 1. The molecule has 0 saturated heterocycles.